The lowest BCUT2D eigenvalue weighted by atomic mass is 10.3. The van der Waals surface area contributed by atoms with E-state index in [4.69, 9.17) is 8.92 Å². The highest BCUT2D eigenvalue weighted by Gasteiger charge is 1.99. The molecule has 6 heteroatoms. The fourth-order valence-electron chi connectivity index (χ4n) is 1.45. The van der Waals surface area contributed by atoms with E-state index in [1.165, 1.54) is 19.4 Å². The van der Waals surface area contributed by atoms with Crippen molar-refractivity contribution in [1.29, 1.82) is 0 Å². The van der Waals surface area contributed by atoms with Crippen molar-refractivity contribution in [2.45, 2.75) is 46.5 Å². The number of hydrogen-bond donors (Lipinski definition) is 1. The van der Waals surface area contributed by atoms with E-state index in [-0.39, 0.29) is 12.5 Å². The normalized spacial score (nSPS) is 10.3. The van der Waals surface area contributed by atoms with Crippen LogP contribution >= 0.6 is 12.0 Å². The number of amides is 1. The van der Waals surface area contributed by atoms with Gasteiger partial charge < -0.3 is 19.1 Å². The van der Waals surface area contributed by atoms with Gasteiger partial charge in [0.1, 0.15) is 6.61 Å². The lowest BCUT2D eigenvalue weighted by Gasteiger charge is -2.15. The largest absolute Gasteiger partial charge is 0.372 e. The number of likely N-dealkylation sites (N-methyl/N-ethyl adjacent to an activating group) is 1. The van der Waals surface area contributed by atoms with E-state index in [0.29, 0.717) is 6.61 Å². The van der Waals surface area contributed by atoms with Gasteiger partial charge in [-0.25, -0.2) is 0 Å². The second-order valence-corrected chi connectivity index (χ2v) is 5.61. The topological polar surface area (TPSA) is 50.8 Å². The summed E-state index contributed by atoms with van der Waals surface area (Å²) in [6.45, 7) is 9.95. The van der Waals surface area contributed by atoms with Gasteiger partial charge in [0.05, 0.1) is 6.61 Å². The van der Waals surface area contributed by atoms with Crippen molar-refractivity contribution < 1.29 is 13.7 Å². The van der Waals surface area contributed by atoms with Crippen LogP contribution in [0.25, 0.3) is 0 Å². The van der Waals surface area contributed by atoms with Gasteiger partial charge in [0.2, 0.25) is 5.91 Å². The molecular formula is C16H36N2O3S. The Bertz CT molecular complexity index is 231. The number of ether oxygens (including phenoxy) is 1. The molecule has 0 spiro atoms. The van der Waals surface area contributed by atoms with E-state index in [0.717, 1.165) is 31.7 Å². The molecule has 0 heterocycles. The van der Waals surface area contributed by atoms with Crippen LogP contribution < -0.4 is 5.32 Å². The van der Waals surface area contributed by atoms with Gasteiger partial charge in [0.15, 0.2) is 0 Å². The smallest absolute Gasteiger partial charge is 0.245 e. The molecule has 0 saturated heterocycles. The lowest BCUT2D eigenvalue weighted by molar-refractivity contribution is -0.125. The fraction of sp³-hybridized carbons (Fsp3) is 0.938. The predicted octanol–water partition coefficient (Wildman–Crippen LogP) is 2.95. The van der Waals surface area contributed by atoms with Gasteiger partial charge in [-0.3, -0.25) is 4.79 Å². The molecule has 0 unspecified atom stereocenters. The minimum absolute atomic E-state index is 0.0796. The minimum Gasteiger partial charge on any atom is -0.372 e. The molecule has 0 aromatic carbocycles. The van der Waals surface area contributed by atoms with Gasteiger partial charge >= 0.3 is 0 Å². The third-order valence-electron chi connectivity index (χ3n) is 2.81. The number of carbonyl (C=O) groups is 1. The average molecular weight is 337 g/mol. The quantitative estimate of drug-likeness (QED) is 0.390. The maximum Gasteiger partial charge on any atom is 0.245 e. The first-order valence-electron chi connectivity index (χ1n) is 8.42. The van der Waals surface area contributed by atoms with Crippen LogP contribution in [0.15, 0.2) is 0 Å². The molecule has 22 heavy (non-hydrogen) atoms. The minimum atomic E-state index is -0.0796. The molecule has 0 aliphatic rings. The van der Waals surface area contributed by atoms with Crippen molar-refractivity contribution in [2.24, 2.45) is 0 Å². The average Bonchev–Trinajstić information content (AvgIpc) is 2.56. The first-order chi connectivity index (χ1) is 10.7. The van der Waals surface area contributed by atoms with Crippen LogP contribution in [0.1, 0.15) is 46.5 Å². The van der Waals surface area contributed by atoms with E-state index >= 15 is 0 Å². The van der Waals surface area contributed by atoms with Crippen molar-refractivity contribution in [3.8, 4) is 0 Å². The van der Waals surface area contributed by atoms with Crippen LogP contribution in [0.5, 0.6) is 0 Å². The van der Waals surface area contributed by atoms with Gasteiger partial charge in [-0.05, 0) is 44.9 Å². The molecule has 0 fully saturated rings. The van der Waals surface area contributed by atoms with E-state index in [1.807, 2.05) is 13.8 Å². The second kappa shape index (κ2) is 20.7. The molecule has 0 aromatic heterocycles. The summed E-state index contributed by atoms with van der Waals surface area (Å²) >= 11 is 1.54. The Morgan fingerprint density at radius 3 is 2.45 bits per heavy atom. The van der Waals surface area contributed by atoms with Crippen LogP contribution in [0, 0.1) is 0 Å². The summed E-state index contributed by atoms with van der Waals surface area (Å²) in [5.41, 5.74) is 0. The molecule has 1 amide bonds. The van der Waals surface area contributed by atoms with Crippen LogP contribution in [0.3, 0.4) is 0 Å². The molecule has 1 N–H and O–H groups in total. The first kappa shape index (κ1) is 24.0. The molecule has 0 bridgehead atoms. The number of carbonyl (C=O) groups excluding carboxylic acids is 1. The van der Waals surface area contributed by atoms with Gasteiger partial charge in [0.25, 0.3) is 0 Å². The molecule has 0 rings (SSSR count). The van der Waals surface area contributed by atoms with Gasteiger partial charge in [-0.15, -0.1) is 0 Å². The Kier molecular flexibility index (Phi) is 22.5. The van der Waals surface area contributed by atoms with Crippen LogP contribution in [-0.4, -0.2) is 63.6 Å². The molecule has 5 nitrogen and oxygen atoms in total. The van der Waals surface area contributed by atoms with Crippen molar-refractivity contribution in [3.05, 3.63) is 0 Å². The molecule has 0 saturated carbocycles. The maximum absolute atomic E-state index is 10.9. The zero-order chi connectivity index (χ0) is 17.1. The highest BCUT2D eigenvalue weighted by molar-refractivity contribution is 7.94. The summed E-state index contributed by atoms with van der Waals surface area (Å²) in [5, 5.41) is 2.52. The van der Waals surface area contributed by atoms with Crippen molar-refractivity contribution in [2.75, 3.05) is 52.8 Å². The molecule has 0 aromatic rings. The summed E-state index contributed by atoms with van der Waals surface area (Å²) in [6.07, 6.45) is 4.40. The van der Waals surface area contributed by atoms with Crippen LogP contribution in [-0.2, 0) is 13.7 Å². The van der Waals surface area contributed by atoms with Crippen molar-refractivity contribution in [3.63, 3.8) is 0 Å². The standard InChI is InChI=1S/C14H30N2O3S.C2H6/c1-4-5-8-16(3)9-12-20-19-11-7-6-10-18-13-14(17)15-2;1-2/h4-13H2,1-3H3,(H,15,17);1-2H3. The van der Waals surface area contributed by atoms with Gasteiger partial charge in [-0.1, -0.05) is 27.2 Å². The second-order valence-electron chi connectivity index (χ2n) is 4.73. The third kappa shape index (κ3) is 19.7. The van der Waals surface area contributed by atoms with E-state index < -0.39 is 0 Å². The number of hydrogen-bond acceptors (Lipinski definition) is 5. The molecule has 0 aliphatic carbocycles. The summed E-state index contributed by atoms with van der Waals surface area (Å²) < 4.78 is 10.7. The summed E-state index contributed by atoms with van der Waals surface area (Å²) in [4.78, 5) is 13.2. The summed E-state index contributed by atoms with van der Waals surface area (Å²) in [7, 11) is 3.76. The van der Waals surface area contributed by atoms with Crippen LogP contribution in [0.2, 0.25) is 0 Å². The Hall–Kier alpha value is -0.300. The van der Waals surface area contributed by atoms with Crippen molar-refractivity contribution >= 4 is 17.9 Å². The first-order valence-corrected chi connectivity index (χ1v) is 9.33. The molecule has 0 atom stereocenters. The van der Waals surface area contributed by atoms with E-state index in [1.54, 1.807) is 19.1 Å². The van der Waals surface area contributed by atoms with Gasteiger partial charge in [-0.2, -0.15) is 0 Å². The number of nitrogens with one attached hydrogen (secondary N) is 1. The molecule has 134 valence electrons. The monoisotopic (exact) mass is 336 g/mol. The number of rotatable bonds is 14. The molecular weight excluding hydrogens is 300 g/mol. The van der Waals surface area contributed by atoms with Crippen LogP contribution in [0.4, 0.5) is 0 Å². The Morgan fingerprint density at radius 1 is 1.14 bits per heavy atom. The highest BCUT2D eigenvalue weighted by Crippen LogP contribution is 2.05. The van der Waals surface area contributed by atoms with Crippen molar-refractivity contribution in [1.82, 2.24) is 10.2 Å². The maximum atomic E-state index is 10.9. The Labute approximate surface area is 141 Å². The number of unbranched alkanes of at least 4 members (excludes halogenated alkanes) is 2. The van der Waals surface area contributed by atoms with Gasteiger partial charge in [0, 0.05) is 26.0 Å². The highest BCUT2D eigenvalue weighted by atomic mass is 32.2. The van der Waals surface area contributed by atoms with E-state index in [2.05, 4.69) is 24.2 Å². The Balaban J connectivity index is 0. The predicted molar refractivity (Wildman–Crippen MR) is 96.3 cm³/mol. The Morgan fingerprint density at radius 2 is 1.82 bits per heavy atom. The fourth-order valence-corrected chi connectivity index (χ4v) is 2.19. The van der Waals surface area contributed by atoms with E-state index in [9.17, 15) is 4.79 Å². The summed E-state index contributed by atoms with van der Waals surface area (Å²) in [5.74, 6) is 0.928. The zero-order valence-corrected chi connectivity index (χ0v) is 16.0. The zero-order valence-electron chi connectivity index (χ0n) is 15.2. The number of nitrogens with zero attached hydrogens (tertiary/aromatic N) is 1. The third-order valence-corrected chi connectivity index (χ3v) is 3.49. The molecule has 0 radical (unpaired) electrons. The SMILES string of the molecule is CC.CCCCN(C)CCSOCCCCOCC(=O)NC. The lowest BCUT2D eigenvalue weighted by Crippen LogP contribution is -2.23. The summed E-state index contributed by atoms with van der Waals surface area (Å²) in [6, 6.07) is 0. The molecule has 0 aliphatic heterocycles.